The molecule has 0 spiro atoms. The lowest BCUT2D eigenvalue weighted by molar-refractivity contribution is -0.139. The molecular weight excluding hydrogens is 293 g/mol. The van der Waals surface area contributed by atoms with Gasteiger partial charge in [0.1, 0.15) is 9.84 Å². The van der Waals surface area contributed by atoms with Crippen LogP contribution in [0.25, 0.3) is 0 Å². The van der Waals surface area contributed by atoms with E-state index in [-0.39, 0.29) is 18.8 Å². The predicted octanol–water partition coefficient (Wildman–Crippen LogP) is 3.07. The van der Waals surface area contributed by atoms with Crippen molar-refractivity contribution in [2.75, 3.05) is 6.26 Å². The Labute approximate surface area is 118 Å². The molecule has 3 atom stereocenters. The minimum Gasteiger partial charge on any atom is -0.390 e. The van der Waals surface area contributed by atoms with Gasteiger partial charge in [-0.25, -0.2) is 8.42 Å². The molecule has 1 rings (SSSR count). The number of hydrogen-bond donors (Lipinski definition) is 1. The van der Waals surface area contributed by atoms with Crippen molar-refractivity contribution < 1.29 is 26.7 Å². The second-order valence-electron chi connectivity index (χ2n) is 6.14. The molecule has 1 aliphatic rings. The van der Waals surface area contributed by atoms with Gasteiger partial charge in [0.05, 0.1) is 10.9 Å². The van der Waals surface area contributed by atoms with Crippen LogP contribution in [0.3, 0.4) is 0 Å². The first-order valence-corrected chi connectivity index (χ1v) is 8.85. The van der Waals surface area contributed by atoms with Crippen LogP contribution in [0.2, 0.25) is 0 Å². The molecule has 1 aliphatic carbocycles. The summed E-state index contributed by atoms with van der Waals surface area (Å²) in [5, 5.41) is 9.88. The smallest absolute Gasteiger partial charge is 0.389 e. The molecule has 0 aromatic rings. The van der Waals surface area contributed by atoms with Gasteiger partial charge in [-0.1, -0.05) is 6.42 Å². The third-order valence-electron chi connectivity index (χ3n) is 4.25. The maximum Gasteiger partial charge on any atom is 0.389 e. The van der Waals surface area contributed by atoms with E-state index in [9.17, 15) is 26.7 Å². The minimum absolute atomic E-state index is 0.0493. The second kappa shape index (κ2) is 6.22. The van der Waals surface area contributed by atoms with Crippen molar-refractivity contribution in [1.82, 2.24) is 0 Å². The van der Waals surface area contributed by atoms with E-state index < -0.39 is 33.3 Å². The van der Waals surface area contributed by atoms with Crippen molar-refractivity contribution in [3.8, 4) is 0 Å². The maximum atomic E-state index is 12.1. The van der Waals surface area contributed by atoms with Crippen molar-refractivity contribution in [3.05, 3.63) is 0 Å². The zero-order chi connectivity index (χ0) is 15.6. The van der Waals surface area contributed by atoms with E-state index in [1.54, 1.807) is 0 Å². The molecular formula is C13H23F3O3S. The lowest BCUT2D eigenvalue weighted by Gasteiger charge is -2.38. The highest BCUT2D eigenvalue weighted by molar-refractivity contribution is 7.91. The van der Waals surface area contributed by atoms with Crippen LogP contribution in [-0.4, -0.2) is 36.8 Å². The average Bonchev–Trinajstić information content (AvgIpc) is 2.26. The molecule has 0 aromatic heterocycles. The van der Waals surface area contributed by atoms with Gasteiger partial charge in [-0.05, 0) is 44.9 Å². The Balaban J connectivity index is 2.58. The normalized spacial score (nSPS) is 28.1. The summed E-state index contributed by atoms with van der Waals surface area (Å²) in [7, 11) is -3.15. The molecule has 0 heterocycles. The third kappa shape index (κ3) is 5.60. The Hall–Kier alpha value is -0.300. The second-order valence-corrected chi connectivity index (χ2v) is 8.47. The molecule has 1 saturated carbocycles. The Bertz CT molecular complexity index is 415. The molecule has 3 unspecified atom stereocenters. The Morgan fingerprint density at radius 1 is 1.20 bits per heavy atom. The monoisotopic (exact) mass is 316 g/mol. The summed E-state index contributed by atoms with van der Waals surface area (Å²) in [5.41, 5.74) is -1.23. The SMILES string of the molecule is CC(O)(CCCC(F)(F)F)C1CCCC(S(C)(=O)=O)C1. The molecule has 20 heavy (non-hydrogen) atoms. The number of rotatable bonds is 5. The third-order valence-corrected chi connectivity index (χ3v) is 5.89. The fourth-order valence-electron chi connectivity index (χ4n) is 2.95. The molecule has 0 aromatic carbocycles. The molecule has 7 heteroatoms. The van der Waals surface area contributed by atoms with Crippen LogP contribution in [-0.2, 0) is 9.84 Å². The average molecular weight is 316 g/mol. The van der Waals surface area contributed by atoms with E-state index in [4.69, 9.17) is 0 Å². The van der Waals surface area contributed by atoms with E-state index in [0.717, 1.165) is 0 Å². The van der Waals surface area contributed by atoms with Crippen molar-refractivity contribution in [1.29, 1.82) is 0 Å². The highest BCUT2D eigenvalue weighted by Gasteiger charge is 2.39. The molecule has 3 nitrogen and oxygen atoms in total. The standard InChI is InChI=1S/C13H23F3O3S/c1-12(17,7-4-8-13(14,15)16)10-5-3-6-11(9-10)20(2,18)19/h10-11,17H,3-9H2,1-2H3. The number of alkyl halides is 3. The topological polar surface area (TPSA) is 54.4 Å². The van der Waals surface area contributed by atoms with E-state index in [1.807, 2.05) is 0 Å². The quantitative estimate of drug-likeness (QED) is 0.848. The summed E-state index contributed by atoms with van der Waals surface area (Å²) in [6, 6.07) is 0. The number of sulfone groups is 1. The summed E-state index contributed by atoms with van der Waals surface area (Å²) in [4.78, 5) is 0. The first kappa shape index (κ1) is 17.8. The molecule has 0 aliphatic heterocycles. The lowest BCUT2D eigenvalue weighted by atomic mass is 9.75. The van der Waals surface area contributed by atoms with Gasteiger partial charge in [0.25, 0.3) is 0 Å². The van der Waals surface area contributed by atoms with Crippen LogP contribution in [0.15, 0.2) is 0 Å². The Kier molecular flexibility index (Phi) is 5.52. The highest BCUT2D eigenvalue weighted by atomic mass is 32.2. The zero-order valence-electron chi connectivity index (χ0n) is 11.9. The zero-order valence-corrected chi connectivity index (χ0v) is 12.7. The maximum absolute atomic E-state index is 12.1. The predicted molar refractivity (Wildman–Crippen MR) is 71.1 cm³/mol. The minimum atomic E-state index is -4.21. The van der Waals surface area contributed by atoms with Gasteiger partial charge in [0, 0.05) is 12.7 Å². The van der Waals surface area contributed by atoms with Crippen molar-refractivity contribution in [2.45, 2.75) is 68.9 Å². The van der Waals surface area contributed by atoms with Crippen molar-refractivity contribution in [2.24, 2.45) is 5.92 Å². The molecule has 0 amide bonds. The molecule has 0 bridgehead atoms. The summed E-state index contributed by atoms with van der Waals surface area (Å²) in [6.45, 7) is 1.53. The van der Waals surface area contributed by atoms with Crippen LogP contribution in [0.4, 0.5) is 13.2 Å². The first-order valence-electron chi connectivity index (χ1n) is 6.90. The molecule has 0 saturated heterocycles. The van der Waals surface area contributed by atoms with E-state index >= 15 is 0 Å². The number of halogens is 3. The van der Waals surface area contributed by atoms with Crippen LogP contribution in [0, 0.1) is 5.92 Å². The highest BCUT2D eigenvalue weighted by Crippen LogP contribution is 2.38. The van der Waals surface area contributed by atoms with E-state index in [1.165, 1.54) is 13.2 Å². The van der Waals surface area contributed by atoms with Gasteiger partial charge in [0.15, 0.2) is 0 Å². The fourth-order valence-corrected chi connectivity index (χ4v) is 4.13. The van der Waals surface area contributed by atoms with Crippen molar-refractivity contribution >= 4 is 9.84 Å². The van der Waals surface area contributed by atoms with Gasteiger partial charge in [-0.2, -0.15) is 13.2 Å². The van der Waals surface area contributed by atoms with Crippen molar-refractivity contribution in [3.63, 3.8) is 0 Å². The van der Waals surface area contributed by atoms with Gasteiger partial charge in [-0.15, -0.1) is 0 Å². The van der Waals surface area contributed by atoms with Crippen LogP contribution >= 0.6 is 0 Å². The Morgan fingerprint density at radius 2 is 1.80 bits per heavy atom. The first-order chi connectivity index (χ1) is 8.92. The summed E-state index contributed by atoms with van der Waals surface area (Å²) in [5.74, 6) is -0.246. The molecule has 1 N–H and O–H groups in total. The van der Waals surface area contributed by atoms with Gasteiger partial charge < -0.3 is 5.11 Å². The van der Waals surface area contributed by atoms with Gasteiger partial charge in [-0.3, -0.25) is 0 Å². The summed E-state index contributed by atoms with van der Waals surface area (Å²) < 4.78 is 59.5. The molecule has 1 fully saturated rings. The van der Waals surface area contributed by atoms with Crippen LogP contribution in [0.1, 0.15) is 51.9 Å². The molecule has 120 valence electrons. The summed E-state index contributed by atoms with van der Waals surface area (Å²) in [6.07, 6.45) is -1.74. The Morgan fingerprint density at radius 3 is 2.30 bits per heavy atom. The number of hydrogen-bond acceptors (Lipinski definition) is 3. The van der Waals surface area contributed by atoms with Gasteiger partial charge >= 0.3 is 6.18 Å². The van der Waals surface area contributed by atoms with E-state index in [0.29, 0.717) is 25.7 Å². The van der Waals surface area contributed by atoms with Crippen LogP contribution < -0.4 is 0 Å². The van der Waals surface area contributed by atoms with Gasteiger partial charge in [0.2, 0.25) is 0 Å². The molecule has 0 radical (unpaired) electrons. The summed E-state index contributed by atoms with van der Waals surface area (Å²) >= 11 is 0. The fraction of sp³-hybridized carbons (Fsp3) is 1.00. The lowest BCUT2D eigenvalue weighted by Crippen LogP contribution is -2.40. The largest absolute Gasteiger partial charge is 0.390 e. The number of aliphatic hydroxyl groups is 1. The van der Waals surface area contributed by atoms with E-state index in [2.05, 4.69) is 0 Å². The van der Waals surface area contributed by atoms with Crippen LogP contribution in [0.5, 0.6) is 0 Å².